The third-order valence-electron chi connectivity index (χ3n) is 5.64. The standard InChI is InChI=1S/C24H27N3O4S2/c1-17-14-24(32-16-23(28)25-18-6-8-19(31-2)9-7-18)26-22-11-10-20(15-21(17)22)33(29,30)27-12-4-3-5-13-27/h6-11,14-15H,3-5,12-13,16H2,1-2H3,(H,25,28). The third-order valence-corrected chi connectivity index (χ3v) is 8.45. The number of aromatic nitrogens is 1. The molecule has 0 spiro atoms. The molecule has 4 rings (SSSR count). The van der Waals surface area contributed by atoms with Gasteiger partial charge in [-0.15, -0.1) is 0 Å². The second kappa shape index (κ2) is 10.1. The Hall–Kier alpha value is -2.62. The molecular formula is C24H27N3O4S2. The van der Waals surface area contributed by atoms with E-state index in [0.29, 0.717) is 29.2 Å². The molecule has 1 N–H and O–H groups in total. The van der Waals surface area contributed by atoms with Crippen LogP contribution in [0.4, 0.5) is 5.69 Å². The van der Waals surface area contributed by atoms with Gasteiger partial charge in [-0.3, -0.25) is 4.79 Å². The highest BCUT2D eigenvalue weighted by atomic mass is 32.2. The summed E-state index contributed by atoms with van der Waals surface area (Å²) in [5.74, 6) is 0.809. The fourth-order valence-electron chi connectivity index (χ4n) is 3.84. The average molecular weight is 486 g/mol. The molecule has 2 aromatic carbocycles. The molecule has 1 saturated heterocycles. The summed E-state index contributed by atoms with van der Waals surface area (Å²) >= 11 is 1.34. The van der Waals surface area contributed by atoms with Crippen molar-refractivity contribution in [2.75, 3.05) is 31.3 Å². The maximum absolute atomic E-state index is 13.0. The number of fused-ring (bicyclic) bond motifs is 1. The van der Waals surface area contributed by atoms with Gasteiger partial charge in [0.05, 0.1) is 28.3 Å². The number of amides is 1. The zero-order valence-corrected chi connectivity index (χ0v) is 20.3. The number of nitrogens with zero attached hydrogens (tertiary/aromatic N) is 2. The van der Waals surface area contributed by atoms with E-state index in [1.807, 2.05) is 13.0 Å². The monoisotopic (exact) mass is 485 g/mol. The Morgan fingerprint density at radius 2 is 1.82 bits per heavy atom. The summed E-state index contributed by atoms with van der Waals surface area (Å²) in [6.45, 7) is 3.08. The summed E-state index contributed by atoms with van der Waals surface area (Å²) in [5.41, 5.74) is 2.34. The number of nitrogens with one attached hydrogen (secondary N) is 1. The Bertz CT molecular complexity index is 1250. The minimum atomic E-state index is -3.50. The molecule has 0 atom stereocenters. The predicted molar refractivity (Wildman–Crippen MR) is 131 cm³/mol. The molecule has 0 unspecified atom stereocenters. The second-order valence-corrected chi connectivity index (χ2v) is 10.9. The normalized spacial score (nSPS) is 14.8. The van der Waals surface area contributed by atoms with Gasteiger partial charge in [0.1, 0.15) is 5.75 Å². The van der Waals surface area contributed by atoms with Crippen LogP contribution in [0, 0.1) is 6.92 Å². The van der Waals surface area contributed by atoms with E-state index >= 15 is 0 Å². The lowest BCUT2D eigenvalue weighted by atomic mass is 10.1. The van der Waals surface area contributed by atoms with Crippen LogP contribution in [0.5, 0.6) is 5.75 Å². The maximum atomic E-state index is 13.0. The fourth-order valence-corrected chi connectivity index (χ4v) is 6.16. The van der Waals surface area contributed by atoms with Crippen molar-refractivity contribution in [3.63, 3.8) is 0 Å². The molecule has 3 aromatic rings. The van der Waals surface area contributed by atoms with Crippen LogP contribution >= 0.6 is 11.8 Å². The zero-order valence-electron chi connectivity index (χ0n) is 18.7. The van der Waals surface area contributed by atoms with Crippen LogP contribution in [-0.4, -0.2) is 49.6 Å². The molecule has 9 heteroatoms. The summed E-state index contributed by atoms with van der Waals surface area (Å²) in [6, 6.07) is 14.1. The van der Waals surface area contributed by atoms with Crippen molar-refractivity contribution in [3.8, 4) is 5.75 Å². The Kier molecular flexibility index (Phi) is 7.21. The van der Waals surface area contributed by atoms with Crippen molar-refractivity contribution < 1.29 is 17.9 Å². The van der Waals surface area contributed by atoms with Crippen molar-refractivity contribution in [1.82, 2.24) is 9.29 Å². The van der Waals surface area contributed by atoms with Crippen molar-refractivity contribution in [2.45, 2.75) is 36.1 Å². The smallest absolute Gasteiger partial charge is 0.243 e. The highest BCUT2D eigenvalue weighted by Crippen LogP contribution is 2.28. The van der Waals surface area contributed by atoms with Gasteiger partial charge in [0.15, 0.2) is 0 Å². The minimum Gasteiger partial charge on any atom is -0.497 e. The quantitative estimate of drug-likeness (QED) is 0.497. The van der Waals surface area contributed by atoms with Gasteiger partial charge in [0, 0.05) is 24.2 Å². The number of hydrogen-bond acceptors (Lipinski definition) is 6. The number of pyridine rings is 1. The molecule has 1 aliphatic rings. The summed E-state index contributed by atoms with van der Waals surface area (Å²) in [5, 5.41) is 4.38. The lowest BCUT2D eigenvalue weighted by molar-refractivity contribution is -0.113. The Morgan fingerprint density at radius 3 is 2.52 bits per heavy atom. The van der Waals surface area contributed by atoms with Crippen LogP contribution in [0.3, 0.4) is 0 Å². The Morgan fingerprint density at radius 1 is 1.09 bits per heavy atom. The van der Waals surface area contributed by atoms with Gasteiger partial charge in [-0.25, -0.2) is 13.4 Å². The molecule has 0 saturated carbocycles. The number of methoxy groups -OCH3 is 1. The van der Waals surface area contributed by atoms with E-state index in [1.54, 1.807) is 53.9 Å². The Labute approximate surface area is 198 Å². The van der Waals surface area contributed by atoms with Gasteiger partial charge in [0.25, 0.3) is 0 Å². The van der Waals surface area contributed by atoms with Crippen molar-refractivity contribution in [3.05, 3.63) is 54.1 Å². The van der Waals surface area contributed by atoms with Crippen LogP contribution in [0.1, 0.15) is 24.8 Å². The molecule has 1 aromatic heterocycles. The minimum absolute atomic E-state index is 0.132. The second-order valence-electron chi connectivity index (χ2n) is 7.99. The first kappa shape index (κ1) is 23.5. The molecule has 1 fully saturated rings. The van der Waals surface area contributed by atoms with Gasteiger partial charge in [0.2, 0.25) is 15.9 Å². The number of carbonyl (C=O) groups is 1. The number of sulfonamides is 1. The first-order valence-corrected chi connectivity index (χ1v) is 13.3. The molecule has 174 valence electrons. The number of benzene rings is 2. The highest BCUT2D eigenvalue weighted by molar-refractivity contribution is 7.99. The van der Waals surface area contributed by atoms with Gasteiger partial charge < -0.3 is 10.1 Å². The van der Waals surface area contributed by atoms with E-state index in [-0.39, 0.29) is 11.7 Å². The molecular weight excluding hydrogens is 458 g/mol. The number of thioether (sulfide) groups is 1. The maximum Gasteiger partial charge on any atom is 0.243 e. The number of piperidine rings is 1. The van der Waals surface area contributed by atoms with Crippen molar-refractivity contribution in [1.29, 1.82) is 0 Å². The lowest BCUT2D eigenvalue weighted by Crippen LogP contribution is -2.35. The summed E-state index contributed by atoms with van der Waals surface area (Å²) < 4.78 is 32.7. The molecule has 33 heavy (non-hydrogen) atoms. The molecule has 1 aliphatic heterocycles. The van der Waals surface area contributed by atoms with E-state index in [0.717, 1.165) is 41.0 Å². The molecule has 7 nitrogen and oxygen atoms in total. The van der Waals surface area contributed by atoms with Gasteiger partial charge in [-0.2, -0.15) is 4.31 Å². The summed E-state index contributed by atoms with van der Waals surface area (Å²) in [7, 11) is -1.90. The van der Waals surface area contributed by atoms with Gasteiger partial charge in [-0.05, 0) is 73.9 Å². The number of ether oxygens (including phenoxy) is 1. The summed E-state index contributed by atoms with van der Waals surface area (Å²) in [6.07, 6.45) is 2.88. The molecule has 0 radical (unpaired) electrons. The SMILES string of the molecule is COc1ccc(NC(=O)CSc2cc(C)c3cc(S(=O)(=O)N4CCCCC4)ccc3n2)cc1. The topological polar surface area (TPSA) is 88.6 Å². The van der Waals surface area contributed by atoms with Crippen LogP contribution in [0.2, 0.25) is 0 Å². The number of carbonyl (C=O) groups excluding carboxylic acids is 1. The van der Waals surface area contributed by atoms with Gasteiger partial charge >= 0.3 is 0 Å². The fraction of sp³-hybridized carbons (Fsp3) is 0.333. The van der Waals surface area contributed by atoms with E-state index in [1.165, 1.54) is 11.8 Å². The molecule has 0 bridgehead atoms. The predicted octanol–water partition coefficient (Wildman–Crippen LogP) is 4.46. The van der Waals surface area contributed by atoms with Crippen molar-refractivity contribution >= 4 is 44.3 Å². The van der Waals surface area contributed by atoms with Crippen molar-refractivity contribution in [2.24, 2.45) is 0 Å². The number of rotatable bonds is 7. The van der Waals surface area contributed by atoms with Gasteiger partial charge in [-0.1, -0.05) is 18.2 Å². The average Bonchev–Trinajstić information content (AvgIpc) is 2.83. The van der Waals surface area contributed by atoms with E-state index < -0.39 is 10.0 Å². The van der Waals surface area contributed by atoms with Crippen LogP contribution in [0.25, 0.3) is 10.9 Å². The van der Waals surface area contributed by atoms with E-state index in [2.05, 4.69) is 10.3 Å². The zero-order chi connectivity index (χ0) is 23.4. The first-order chi connectivity index (χ1) is 15.9. The Balaban J connectivity index is 1.46. The molecule has 1 amide bonds. The summed E-state index contributed by atoms with van der Waals surface area (Å²) in [4.78, 5) is 17.3. The first-order valence-electron chi connectivity index (χ1n) is 10.8. The van der Waals surface area contributed by atoms with Crippen LogP contribution in [0.15, 0.2) is 58.5 Å². The van der Waals surface area contributed by atoms with E-state index in [9.17, 15) is 13.2 Å². The van der Waals surface area contributed by atoms with Crippen LogP contribution in [-0.2, 0) is 14.8 Å². The number of anilines is 1. The van der Waals surface area contributed by atoms with Crippen LogP contribution < -0.4 is 10.1 Å². The number of aryl methyl sites for hydroxylation is 1. The molecule has 2 heterocycles. The largest absolute Gasteiger partial charge is 0.497 e. The molecule has 0 aliphatic carbocycles. The highest BCUT2D eigenvalue weighted by Gasteiger charge is 2.26. The van der Waals surface area contributed by atoms with E-state index in [4.69, 9.17) is 4.74 Å². The lowest BCUT2D eigenvalue weighted by Gasteiger charge is -2.26. The number of hydrogen-bond donors (Lipinski definition) is 1. The third kappa shape index (κ3) is 5.48.